The van der Waals surface area contributed by atoms with Crippen LogP contribution in [-0.4, -0.2) is 48.0 Å². The Labute approximate surface area is 130 Å². The van der Waals surface area contributed by atoms with Gasteiger partial charge in [-0.3, -0.25) is 14.9 Å². The molecule has 10 heteroatoms. The topological polar surface area (TPSA) is 128 Å². The quantitative estimate of drug-likeness (QED) is 0.350. The molecular formula is C13H13N3O7. The van der Waals surface area contributed by atoms with Crippen molar-refractivity contribution in [3.05, 3.63) is 39.9 Å². The van der Waals surface area contributed by atoms with Gasteiger partial charge < -0.3 is 9.47 Å². The van der Waals surface area contributed by atoms with Gasteiger partial charge in [-0.2, -0.15) is 9.89 Å². The van der Waals surface area contributed by atoms with E-state index < -0.39 is 23.0 Å². The molecule has 10 nitrogen and oxygen atoms in total. The third kappa shape index (κ3) is 4.33. The average molecular weight is 323 g/mol. The SMILES string of the molecule is COC(=O)/N=C(\c1ccc([N+](=O)[O-])cc1)N(C(C)=O)C(=O)OC. The number of aliphatic imine (C=N–C) groups is 1. The highest BCUT2D eigenvalue weighted by Crippen LogP contribution is 2.15. The summed E-state index contributed by atoms with van der Waals surface area (Å²) in [5.41, 5.74) is -0.0970. The molecule has 3 amide bonds. The van der Waals surface area contributed by atoms with Gasteiger partial charge in [-0.05, 0) is 12.1 Å². The molecule has 0 aliphatic heterocycles. The number of carbonyl (C=O) groups is 3. The summed E-state index contributed by atoms with van der Waals surface area (Å²) in [7, 11) is 2.11. The second kappa shape index (κ2) is 7.64. The van der Waals surface area contributed by atoms with Gasteiger partial charge in [-0.1, -0.05) is 0 Å². The van der Waals surface area contributed by atoms with Gasteiger partial charge in [0.2, 0.25) is 5.91 Å². The van der Waals surface area contributed by atoms with Crippen molar-refractivity contribution in [2.24, 2.45) is 4.99 Å². The van der Waals surface area contributed by atoms with Crippen LogP contribution in [0.2, 0.25) is 0 Å². The number of amidine groups is 1. The minimum absolute atomic E-state index is 0.113. The number of methoxy groups -OCH3 is 2. The lowest BCUT2D eigenvalue weighted by Gasteiger charge is -2.19. The highest BCUT2D eigenvalue weighted by Gasteiger charge is 2.27. The van der Waals surface area contributed by atoms with Crippen LogP contribution in [0, 0.1) is 10.1 Å². The number of benzene rings is 1. The predicted octanol–water partition coefficient (Wildman–Crippen LogP) is 1.72. The molecule has 0 aliphatic carbocycles. The molecule has 0 saturated carbocycles. The number of carbonyl (C=O) groups excluding carboxylic acids is 3. The normalized spacial score (nSPS) is 10.7. The summed E-state index contributed by atoms with van der Waals surface area (Å²) in [5, 5.41) is 10.7. The van der Waals surface area contributed by atoms with Crippen molar-refractivity contribution in [1.29, 1.82) is 0 Å². The molecule has 0 fully saturated rings. The number of nitro groups is 1. The number of imide groups is 1. The molecule has 0 unspecified atom stereocenters. The van der Waals surface area contributed by atoms with Crippen molar-refractivity contribution in [3.8, 4) is 0 Å². The van der Waals surface area contributed by atoms with Crippen LogP contribution >= 0.6 is 0 Å². The van der Waals surface area contributed by atoms with Gasteiger partial charge in [0.15, 0.2) is 5.84 Å². The van der Waals surface area contributed by atoms with Gasteiger partial charge in [0.05, 0.1) is 19.1 Å². The third-order valence-electron chi connectivity index (χ3n) is 2.59. The number of amides is 3. The van der Waals surface area contributed by atoms with E-state index in [-0.39, 0.29) is 17.1 Å². The first-order valence-corrected chi connectivity index (χ1v) is 6.12. The van der Waals surface area contributed by atoms with Crippen molar-refractivity contribution in [2.45, 2.75) is 6.92 Å². The van der Waals surface area contributed by atoms with E-state index in [9.17, 15) is 24.5 Å². The molecule has 0 N–H and O–H groups in total. The van der Waals surface area contributed by atoms with Crippen LogP contribution in [0.25, 0.3) is 0 Å². The Morgan fingerprint density at radius 1 is 1.13 bits per heavy atom. The zero-order valence-electron chi connectivity index (χ0n) is 12.5. The molecular weight excluding hydrogens is 310 g/mol. The number of hydrogen-bond acceptors (Lipinski definition) is 7. The molecule has 122 valence electrons. The summed E-state index contributed by atoms with van der Waals surface area (Å²) >= 11 is 0. The monoisotopic (exact) mass is 323 g/mol. The number of rotatable bonds is 2. The predicted molar refractivity (Wildman–Crippen MR) is 77.0 cm³/mol. The van der Waals surface area contributed by atoms with E-state index >= 15 is 0 Å². The maximum Gasteiger partial charge on any atom is 0.435 e. The standard InChI is InChI=1S/C13H13N3O7/c1-8(17)15(13(19)23-3)11(14-12(18)22-2)9-4-6-10(7-5-9)16(20)21/h4-7H,1-3H3/b14-11+. The molecule has 0 bridgehead atoms. The van der Waals surface area contributed by atoms with Gasteiger partial charge in [-0.15, -0.1) is 0 Å². The van der Waals surface area contributed by atoms with Gasteiger partial charge in [0, 0.05) is 24.6 Å². The van der Waals surface area contributed by atoms with E-state index in [4.69, 9.17) is 0 Å². The molecule has 0 aliphatic rings. The smallest absolute Gasteiger partial charge is 0.435 e. The fourth-order valence-electron chi connectivity index (χ4n) is 1.56. The summed E-state index contributed by atoms with van der Waals surface area (Å²) < 4.78 is 8.86. The van der Waals surface area contributed by atoms with E-state index in [1.165, 1.54) is 12.1 Å². The minimum atomic E-state index is -1.07. The lowest BCUT2D eigenvalue weighted by atomic mass is 10.1. The Kier molecular flexibility index (Phi) is 5.89. The molecule has 0 heterocycles. The van der Waals surface area contributed by atoms with Crippen molar-refractivity contribution < 1.29 is 28.8 Å². The lowest BCUT2D eigenvalue weighted by Crippen LogP contribution is -2.41. The number of non-ortho nitro benzene ring substituents is 1. The molecule has 1 aromatic carbocycles. The maximum atomic E-state index is 11.8. The van der Waals surface area contributed by atoms with Gasteiger partial charge in [0.1, 0.15) is 0 Å². The summed E-state index contributed by atoms with van der Waals surface area (Å²) in [6, 6.07) is 4.74. The largest absolute Gasteiger partial charge is 0.452 e. The molecule has 0 aromatic heterocycles. The van der Waals surface area contributed by atoms with Gasteiger partial charge >= 0.3 is 12.2 Å². The molecule has 0 spiro atoms. The van der Waals surface area contributed by atoms with Crippen LogP contribution < -0.4 is 0 Å². The third-order valence-corrected chi connectivity index (χ3v) is 2.59. The van der Waals surface area contributed by atoms with Crippen molar-refractivity contribution >= 4 is 29.6 Å². The molecule has 0 saturated heterocycles. The first-order valence-electron chi connectivity index (χ1n) is 6.12. The van der Waals surface area contributed by atoms with Crippen molar-refractivity contribution in [3.63, 3.8) is 0 Å². The minimum Gasteiger partial charge on any atom is -0.452 e. The highest BCUT2D eigenvalue weighted by atomic mass is 16.6. The number of hydrogen-bond donors (Lipinski definition) is 0. The maximum absolute atomic E-state index is 11.8. The van der Waals surface area contributed by atoms with Crippen LogP contribution in [-0.2, 0) is 14.3 Å². The van der Waals surface area contributed by atoms with Crippen molar-refractivity contribution in [1.82, 2.24) is 4.90 Å². The lowest BCUT2D eigenvalue weighted by molar-refractivity contribution is -0.384. The van der Waals surface area contributed by atoms with Gasteiger partial charge in [-0.25, -0.2) is 9.59 Å². The van der Waals surface area contributed by atoms with E-state index in [0.717, 1.165) is 33.3 Å². The molecule has 23 heavy (non-hydrogen) atoms. The van der Waals surface area contributed by atoms with Gasteiger partial charge in [0.25, 0.3) is 5.69 Å². The zero-order chi connectivity index (χ0) is 17.6. The Morgan fingerprint density at radius 2 is 1.70 bits per heavy atom. The second-order valence-electron chi connectivity index (χ2n) is 4.03. The second-order valence-corrected chi connectivity index (χ2v) is 4.03. The highest BCUT2D eigenvalue weighted by molar-refractivity contribution is 6.18. The van der Waals surface area contributed by atoms with E-state index in [1.54, 1.807) is 0 Å². The molecule has 0 atom stereocenters. The van der Waals surface area contributed by atoms with Crippen molar-refractivity contribution in [2.75, 3.05) is 14.2 Å². The number of nitrogens with zero attached hydrogens (tertiary/aromatic N) is 3. The Balaban J connectivity index is 3.43. The Hall–Kier alpha value is -3.30. The molecule has 1 rings (SSSR count). The summed E-state index contributed by atoms with van der Waals surface area (Å²) in [6.07, 6.45) is -2.13. The van der Waals surface area contributed by atoms with Crippen LogP contribution in [0.1, 0.15) is 12.5 Å². The Bertz CT molecular complexity index is 667. The van der Waals surface area contributed by atoms with Crippen LogP contribution in [0.3, 0.4) is 0 Å². The van der Waals surface area contributed by atoms with E-state index in [1.807, 2.05) is 0 Å². The first-order chi connectivity index (χ1) is 10.8. The number of nitro benzene ring substituents is 1. The van der Waals surface area contributed by atoms with E-state index in [2.05, 4.69) is 14.5 Å². The first kappa shape index (κ1) is 17.8. The fourth-order valence-corrected chi connectivity index (χ4v) is 1.56. The summed E-state index contributed by atoms with van der Waals surface area (Å²) in [6.45, 7) is 1.06. The summed E-state index contributed by atoms with van der Waals surface area (Å²) in [5.74, 6) is -1.14. The van der Waals surface area contributed by atoms with E-state index in [0.29, 0.717) is 4.90 Å². The van der Waals surface area contributed by atoms with Crippen LogP contribution in [0.4, 0.5) is 15.3 Å². The number of ether oxygens (including phenoxy) is 2. The average Bonchev–Trinajstić information content (AvgIpc) is 2.53. The zero-order valence-corrected chi connectivity index (χ0v) is 12.5. The summed E-state index contributed by atoms with van der Waals surface area (Å²) in [4.78, 5) is 48.9. The van der Waals surface area contributed by atoms with Crippen LogP contribution in [0.15, 0.2) is 29.3 Å². The Morgan fingerprint density at radius 3 is 2.09 bits per heavy atom. The molecule has 1 aromatic rings. The van der Waals surface area contributed by atoms with Crippen LogP contribution in [0.5, 0.6) is 0 Å². The fraction of sp³-hybridized carbons (Fsp3) is 0.231. The molecule has 0 radical (unpaired) electrons.